The first kappa shape index (κ1) is 23.1. The van der Waals surface area contributed by atoms with Crippen molar-refractivity contribution in [3.8, 4) is 10.6 Å². The molecule has 6 nitrogen and oxygen atoms in total. The number of rotatable bonds is 7. The number of aromatic nitrogens is 2. The molecule has 1 aliphatic heterocycles. The van der Waals surface area contributed by atoms with Gasteiger partial charge in [0.15, 0.2) is 0 Å². The van der Waals surface area contributed by atoms with Crippen molar-refractivity contribution >= 4 is 23.2 Å². The van der Waals surface area contributed by atoms with E-state index in [-0.39, 0.29) is 18.4 Å². The Hall–Kier alpha value is -3.71. The Labute approximate surface area is 209 Å². The Morgan fingerprint density at radius 3 is 2.46 bits per heavy atom. The van der Waals surface area contributed by atoms with Crippen molar-refractivity contribution in [1.82, 2.24) is 20.0 Å². The Morgan fingerprint density at radius 1 is 1.03 bits per heavy atom. The molecule has 0 aliphatic carbocycles. The van der Waals surface area contributed by atoms with Gasteiger partial charge < -0.3 is 10.2 Å². The van der Waals surface area contributed by atoms with Gasteiger partial charge in [0, 0.05) is 13.1 Å². The lowest BCUT2D eigenvalue weighted by Gasteiger charge is -2.43. The summed E-state index contributed by atoms with van der Waals surface area (Å²) < 4.78 is 1.69. The second-order valence-electron chi connectivity index (χ2n) is 9.05. The number of hydrogen-bond donors (Lipinski definition) is 1. The molecule has 0 saturated carbocycles. The number of carbonyl (C=O) groups excluding carboxylic acids is 2. The van der Waals surface area contributed by atoms with Gasteiger partial charge in [-0.25, -0.2) is 0 Å². The van der Waals surface area contributed by atoms with Crippen LogP contribution in [0.2, 0.25) is 0 Å². The van der Waals surface area contributed by atoms with Crippen LogP contribution in [0.15, 0.2) is 78.2 Å². The molecule has 35 heavy (non-hydrogen) atoms. The summed E-state index contributed by atoms with van der Waals surface area (Å²) in [6, 6.07) is 23.8. The number of nitrogens with one attached hydrogen (secondary N) is 1. The quantitative estimate of drug-likeness (QED) is 0.406. The van der Waals surface area contributed by atoms with Crippen LogP contribution in [0.3, 0.4) is 0 Å². The number of amides is 2. The van der Waals surface area contributed by atoms with E-state index in [4.69, 9.17) is 5.10 Å². The van der Waals surface area contributed by atoms with Gasteiger partial charge >= 0.3 is 0 Å². The molecular formula is C28H28N4O2S. The number of fused-ring (bicyclic) bond motifs is 1. The van der Waals surface area contributed by atoms with E-state index in [1.165, 1.54) is 5.56 Å². The molecule has 0 saturated heterocycles. The third-order valence-electron chi connectivity index (χ3n) is 6.63. The second kappa shape index (κ2) is 9.50. The molecular weight excluding hydrogens is 456 g/mol. The first-order chi connectivity index (χ1) is 17.0. The van der Waals surface area contributed by atoms with E-state index in [0.29, 0.717) is 18.8 Å². The Kier molecular flexibility index (Phi) is 6.26. The lowest BCUT2D eigenvalue weighted by atomic mass is 9.93. The summed E-state index contributed by atoms with van der Waals surface area (Å²) >= 11 is 1.58. The molecule has 2 aromatic heterocycles. The van der Waals surface area contributed by atoms with Gasteiger partial charge in [0.25, 0.3) is 5.91 Å². The Bertz CT molecular complexity index is 1330. The zero-order chi connectivity index (χ0) is 24.4. The highest BCUT2D eigenvalue weighted by molar-refractivity contribution is 7.13. The molecule has 1 unspecified atom stereocenters. The number of hydrogen-bond acceptors (Lipinski definition) is 4. The van der Waals surface area contributed by atoms with E-state index in [1.807, 2.05) is 73.0 Å². The van der Waals surface area contributed by atoms with Crippen LogP contribution in [0.1, 0.15) is 41.0 Å². The SMILES string of the molecule is CCc1ccc(CN2C(=O)c3cc(-c4cccs4)nn3CC2(C)C(=O)NCc2ccccc2)cc1. The largest absolute Gasteiger partial charge is 0.350 e. The fourth-order valence-electron chi connectivity index (χ4n) is 4.47. The molecule has 1 N–H and O–H groups in total. The number of nitrogens with zero attached hydrogens (tertiary/aromatic N) is 3. The van der Waals surface area contributed by atoms with Gasteiger partial charge in [-0.15, -0.1) is 11.3 Å². The van der Waals surface area contributed by atoms with Crippen LogP contribution >= 0.6 is 11.3 Å². The molecule has 1 aliphatic rings. The van der Waals surface area contributed by atoms with Crippen molar-refractivity contribution in [3.63, 3.8) is 0 Å². The monoisotopic (exact) mass is 484 g/mol. The standard InChI is InChI=1S/C28H28N4O2S/c1-3-20-11-13-22(14-12-20)18-31-26(33)24-16-23(25-10-7-15-35-25)30-32(24)19-28(31,2)27(34)29-17-21-8-5-4-6-9-21/h4-16H,3,17-19H2,1-2H3,(H,29,34). The smallest absolute Gasteiger partial charge is 0.273 e. The first-order valence-corrected chi connectivity index (χ1v) is 12.7. The van der Waals surface area contributed by atoms with Crippen molar-refractivity contribution in [2.45, 2.75) is 45.4 Å². The highest BCUT2D eigenvalue weighted by atomic mass is 32.1. The molecule has 2 aromatic carbocycles. The molecule has 1 atom stereocenters. The van der Waals surface area contributed by atoms with Gasteiger partial charge in [-0.2, -0.15) is 5.10 Å². The predicted octanol–water partition coefficient (Wildman–Crippen LogP) is 4.91. The summed E-state index contributed by atoms with van der Waals surface area (Å²) in [5.41, 5.74) is 3.40. The van der Waals surface area contributed by atoms with E-state index in [2.05, 4.69) is 24.4 Å². The average molecular weight is 485 g/mol. The summed E-state index contributed by atoms with van der Waals surface area (Å²) in [6.07, 6.45) is 0.952. The Balaban J connectivity index is 1.48. The zero-order valence-corrected chi connectivity index (χ0v) is 20.7. The molecule has 178 valence electrons. The number of aryl methyl sites for hydroxylation is 1. The summed E-state index contributed by atoms with van der Waals surface area (Å²) in [7, 11) is 0. The van der Waals surface area contributed by atoms with E-state index in [0.717, 1.165) is 28.1 Å². The van der Waals surface area contributed by atoms with Gasteiger partial charge in [-0.3, -0.25) is 14.3 Å². The molecule has 4 aromatic rings. The Morgan fingerprint density at radius 2 is 1.77 bits per heavy atom. The molecule has 2 amide bonds. The van der Waals surface area contributed by atoms with Crippen LogP contribution in [-0.4, -0.2) is 32.0 Å². The fourth-order valence-corrected chi connectivity index (χ4v) is 5.15. The minimum Gasteiger partial charge on any atom is -0.350 e. The summed E-state index contributed by atoms with van der Waals surface area (Å²) in [5.74, 6) is -0.387. The molecule has 0 radical (unpaired) electrons. The van der Waals surface area contributed by atoms with Crippen LogP contribution < -0.4 is 5.32 Å². The summed E-state index contributed by atoms with van der Waals surface area (Å²) in [6.45, 7) is 4.98. The number of carbonyl (C=O) groups is 2. The van der Waals surface area contributed by atoms with Crippen molar-refractivity contribution in [2.24, 2.45) is 0 Å². The van der Waals surface area contributed by atoms with Crippen LogP contribution in [-0.2, 0) is 30.8 Å². The van der Waals surface area contributed by atoms with E-state index >= 15 is 0 Å². The van der Waals surface area contributed by atoms with Crippen LogP contribution in [0.25, 0.3) is 10.6 Å². The van der Waals surface area contributed by atoms with Gasteiger partial charge in [-0.05, 0) is 47.5 Å². The second-order valence-corrected chi connectivity index (χ2v) is 10.0. The third-order valence-corrected chi connectivity index (χ3v) is 7.52. The van der Waals surface area contributed by atoms with E-state index < -0.39 is 5.54 Å². The van der Waals surface area contributed by atoms with Crippen molar-refractivity contribution in [2.75, 3.05) is 0 Å². The van der Waals surface area contributed by atoms with Crippen molar-refractivity contribution in [3.05, 3.63) is 101 Å². The first-order valence-electron chi connectivity index (χ1n) is 11.8. The normalized spacial score (nSPS) is 17.3. The molecule has 0 fully saturated rings. The highest BCUT2D eigenvalue weighted by Crippen LogP contribution is 2.32. The molecule has 3 heterocycles. The lowest BCUT2D eigenvalue weighted by Crippen LogP contribution is -2.63. The maximum absolute atomic E-state index is 13.8. The lowest BCUT2D eigenvalue weighted by molar-refractivity contribution is -0.133. The molecule has 7 heteroatoms. The van der Waals surface area contributed by atoms with Crippen LogP contribution in [0, 0.1) is 0 Å². The predicted molar refractivity (Wildman–Crippen MR) is 138 cm³/mol. The van der Waals surface area contributed by atoms with Crippen LogP contribution in [0.5, 0.6) is 0 Å². The zero-order valence-electron chi connectivity index (χ0n) is 19.9. The highest BCUT2D eigenvalue weighted by Gasteiger charge is 2.48. The van der Waals surface area contributed by atoms with Crippen molar-refractivity contribution < 1.29 is 9.59 Å². The summed E-state index contributed by atoms with van der Waals surface area (Å²) in [5, 5.41) is 9.75. The minimum atomic E-state index is -1.10. The van der Waals surface area contributed by atoms with Gasteiger partial charge in [0.05, 0.1) is 11.4 Å². The van der Waals surface area contributed by atoms with Crippen LogP contribution in [0.4, 0.5) is 0 Å². The maximum Gasteiger partial charge on any atom is 0.273 e. The van der Waals surface area contributed by atoms with Crippen molar-refractivity contribution in [1.29, 1.82) is 0 Å². The summed E-state index contributed by atoms with van der Waals surface area (Å²) in [4.78, 5) is 30.1. The molecule has 5 rings (SSSR count). The minimum absolute atomic E-state index is 0.191. The topological polar surface area (TPSA) is 67.2 Å². The van der Waals surface area contributed by atoms with Gasteiger partial charge in [-0.1, -0.05) is 67.6 Å². The third kappa shape index (κ3) is 4.51. The molecule has 0 bridgehead atoms. The maximum atomic E-state index is 13.8. The molecule has 0 spiro atoms. The fraction of sp³-hybridized carbons (Fsp3) is 0.250. The van der Waals surface area contributed by atoms with Gasteiger partial charge in [0.2, 0.25) is 5.91 Å². The number of benzene rings is 2. The van der Waals surface area contributed by atoms with E-state index in [9.17, 15) is 9.59 Å². The van der Waals surface area contributed by atoms with Gasteiger partial charge in [0.1, 0.15) is 16.9 Å². The number of thiophene rings is 1. The van der Waals surface area contributed by atoms with E-state index in [1.54, 1.807) is 20.9 Å². The average Bonchev–Trinajstić information content (AvgIpc) is 3.56.